The molecule has 0 aromatic heterocycles. The minimum absolute atomic E-state index is 0.389. The third-order valence-electron chi connectivity index (χ3n) is 4.82. The van der Waals surface area contributed by atoms with E-state index in [0.29, 0.717) is 6.04 Å². The van der Waals surface area contributed by atoms with Gasteiger partial charge in [0.1, 0.15) is 0 Å². The molecule has 2 fully saturated rings. The van der Waals surface area contributed by atoms with Gasteiger partial charge in [0, 0.05) is 41.9 Å². The quantitative estimate of drug-likeness (QED) is 0.914. The van der Waals surface area contributed by atoms with Gasteiger partial charge < -0.3 is 10.2 Å². The van der Waals surface area contributed by atoms with Crippen molar-refractivity contribution < 1.29 is 0 Å². The molecule has 1 aromatic rings. The lowest BCUT2D eigenvalue weighted by Crippen LogP contribution is -2.50. The number of piperazine rings is 1. The van der Waals surface area contributed by atoms with Gasteiger partial charge in [0.05, 0.1) is 0 Å². The highest BCUT2D eigenvalue weighted by atomic mass is 79.9. The smallest absolute Gasteiger partial charge is 0.0426 e. The van der Waals surface area contributed by atoms with Crippen molar-refractivity contribution >= 4 is 21.6 Å². The Balaban J connectivity index is 1.87. The number of fused-ring (bicyclic) bond motifs is 1. The first-order valence-corrected chi connectivity index (χ1v) is 8.44. The summed E-state index contributed by atoms with van der Waals surface area (Å²) in [4.78, 5) is 5.25. The van der Waals surface area contributed by atoms with Crippen molar-refractivity contribution in [2.45, 2.75) is 31.8 Å². The summed E-state index contributed by atoms with van der Waals surface area (Å²) >= 11 is 3.63. The molecule has 0 radical (unpaired) electrons. The van der Waals surface area contributed by atoms with Crippen LogP contribution in [-0.2, 0) is 0 Å². The fourth-order valence-electron chi connectivity index (χ4n) is 3.52. The molecule has 2 atom stereocenters. The molecule has 1 aromatic carbocycles. The highest BCUT2D eigenvalue weighted by Gasteiger charge is 2.31. The van der Waals surface area contributed by atoms with Crippen LogP contribution in [-0.4, -0.2) is 44.2 Å². The van der Waals surface area contributed by atoms with Gasteiger partial charge in [-0.1, -0.05) is 22.0 Å². The summed E-state index contributed by atoms with van der Waals surface area (Å²) in [6.07, 6.45) is 2.73. The summed E-state index contributed by atoms with van der Waals surface area (Å²) in [6, 6.07) is 7.84. The van der Waals surface area contributed by atoms with Crippen LogP contribution in [0.4, 0.5) is 5.69 Å². The zero-order chi connectivity index (χ0) is 14.1. The Hall–Kier alpha value is -0.580. The van der Waals surface area contributed by atoms with Gasteiger partial charge in [-0.05, 0) is 51.1 Å². The average molecular weight is 338 g/mol. The summed E-state index contributed by atoms with van der Waals surface area (Å²) in [6.45, 7) is 7.08. The molecule has 0 bridgehead atoms. The number of anilines is 1. The minimum Gasteiger partial charge on any atom is -0.368 e. The second-order valence-corrected chi connectivity index (χ2v) is 6.91. The highest BCUT2D eigenvalue weighted by Crippen LogP contribution is 2.32. The molecule has 20 heavy (non-hydrogen) atoms. The van der Waals surface area contributed by atoms with Crippen LogP contribution in [0.1, 0.15) is 31.4 Å². The molecule has 0 spiro atoms. The first kappa shape index (κ1) is 14.4. The van der Waals surface area contributed by atoms with Crippen molar-refractivity contribution in [3.8, 4) is 0 Å². The number of hydrogen-bond acceptors (Lipinski definition) is 3. The Bertz CT molecular complexity index is 477. The van der Waals surface area contributed by atoms with Gasteiger partial charge in [0.25, 0.3) is 0 Å². The van der Waals surface area contributed by atoms with E-state index in [0.717, 1.165) is 12.6 Å². The maximum atomic E-state index is 3.63. The minimum atomic E-state index is 0.389. The average Bonchev–Trinajstić information content (AvgIpc) is 2.93. The number of benzene rings is 1. The zero-order valence-electron chi connectivity index (χ0n) is 12.4. The van der Waals surface area contributed by atoms with Crippen molar-refractivity contribution in [1.82, 2.24) is 10.2 Å². The number of nitrogens with one attached hydrogen (secondary N) is 1. The lowest BCUT2D eigenvalue weighted by atomic mass is 10.0. The van der Waals surface area contributed by atoms with Crippen LogP contribution in [0.25, 0.3) is 0 Å². The summed E-state index contributed by atoms with van der Waals surface area (Å²) in [5.41, 5.74) is 2.80. The normalized spacial score (nSPS) is 24.8. The zero-order valence-corrected chi connectivity index (χ0v) is 14.0. The molecular weight excluding hydrogens is 314 g/mol. The van der Waals surface area contributed by atoms with Gasteiger partial charge in [0.15, 0.2) is 0 Å². The first-order valence-electron chi connectivity index (χ1n) is 7.64. The van der Waals surface area contributed by atoms with E-state index in [1.807, 2.05) is 7.05 Å². The van der Waals surface area contributed by atoms with E-state index in [9.17, 15) is 0 Å². The molecule has 2 saturated heterocycles. The van der Waals surface area contributed by atoms with Crippen LogP contribution in [0, 0.1) is 0 Å². The Kier molecular flexibility index (Phi) is 4.34. The van der Waals surface area contributed by atoms with Crippen molar-refractivity contribution in [1.29, 1.82) is 0 Å². The van der Waals surface area contributed by atoms with E-state index >= 15 is 0 Å². The fourth-order valence-corrected chi connectivity index (χ4v) is 3.87. The Morgan fingerprint density at radius 3 is 2.95 bits per heavy atom. The molecule has 0 saturated carbocycles. The molecule has 2 aliphatic heterocycles. The maximum Gasteiger partial charge on any atom is 0.0426 e. The maximum absolute atomic E-state index is 3.63. The molecule has 3 rings (SSSR count). The number of hydrogen-bond donors (Lipinski definition) is 1. The number of rotatable bonds is 3. The molecule has 110 valence electrons. The van der Waals surface area contributed by atoms with E-state index in [2.05, 4.69) is 56.2 Å². The number of halogens is 1. The van der Waals surface area contributed by atoms with Crippen LogP contribution in [0.3, 0.4) is 0 Å². The van der Waals surface area contributed by atoms with Crippen LogP contribution < -0.4 is 10.2 Å². The molecule has 2 aliphatic rings. The van der Waals surface area contributed by atoms with E-state index in [4.69, 9.17) is 0 Å². The van der Waals surface area contributed by atoms with Crippen LogP contribution in [0.2, 0.25) is 0 Å². The van der Waals surface area contributed by atoms with Crippen molar-refractivity contribution in [3.05, 3.63) is 28.2 Å². The summed E-state index contributed by atoms with van der Waals surface area (Å²) in [5, 5.41) is 3.37. The molecule has 2 heterocycles. The van der Waals surface area contributed by atoms with Crippen molar-refractivity contribution in [3.63, 3.8) is 0 Å². The third-order valence-corrected chi connectivity index (χ3v) is 5.31. The first-order chi connectivity index (χ1) is 9.69. The van der Waals surface area contributed by atoms with Gasteiger partial charge in [-0.3, -0.25) is 4.90 Å². The number of nitrogens with zero attached hydrogens (tertiary/aromatic N) is 2. The second kappa shape index (κ2) is 6.04. The van der Waals surface area contributed by atoms with Gasteiger partial charge in [-0.25, -0.2) is 0 Å². The fraction of sp³-hybridized carbons (Fsp3) is 0.625. The van der Waals surface area contributed by atoms with Crippen LogP contribution >= 0.6 is 15.9 Å². The van der Waals surface area contributed by atoms with Crippen molar-refractivity contribution in [2.24, 2.45) is 0 Å². The third kappa shape index (κ3) is 2.74. The van der Waals surface area contributed by atoms with Gasteiger partial charge in [-0.15, -0.1) is 0 Å². The molecule has 1 N–H and O–H groups in total. The Morgan fingerprint density at radius 2 is 2.15 bits per heavy atom. The van der Waals surface area contributed by atoms with Gasteiger partial charge in [-0.2, -0.15) is 0 Å². The lowest BCUT2D eigenvalue weighted by Gasteiger charge is -2.40. The van der Waals surface area contributed by atoms with E-state index in [1.165, 1.54) is 48.2 Å². The summed E-state index contributed by atoms with van der Waals surface area (Å²) in [7, 11) is 2.03. The van der Waals surface area contributed by atoms with Gasteiger partial charge in [0.2, 0.25) is 0 Å². The van der Waals surface area contributed by atoms with E-state index < -0.39 is 0 Å². The van der Waals surface area contributed by atoms with Crippen LogP contribution in [0.5, 0.6) is 0 Å². The molecule has 0 aliphatic carbocycles. The lowest BCUT2D eigenvalue weighted by molar-refractivity contribution is 0.230. The molecular formula is C16H24BrN3. The Morgan fingerprint density at radius 1 is 1.30 bits per heavy atom. The Labute approximate surface area is 130 Å². The second-order valence-electron chi connectivity index (χ2n) is 5.99. The predicted octanol–water partition coefficient (Wildman–Crippen LogP) is 3.01. The topological polar surface area (TPSA) is 18.5 Å². The van der Waals surface area contributed by atoms with Gasteiger partial charge >= 0.3 is 0 Å². The molecule has 0 amide bonds. The monoisotopic (exact) mass is 337 g/mol. The van der Waals surface area contributed by atoms with E-state index in [1.54, 1.807) is 0 Å². The van der Waals surface area contributed by atoms with E-state index in [-0.39, 0.29) is 0 Å². The predicted molar refractivity (Wildman–Crippen MR) is 88.4 cm³/mol. The van der Waals surface area contributed by atoms with Crippen molar-refractivity contribution in [2.75, 3.05) is 38.1 Å². The molecule has 4 heteroatoms. The molecule has 2 unspecified atom stereocenters. The summed E-state index contributed by atoms with van der Waals surface area (Å²) < 4.78 is 1.17. The summed E-state index contributed by atoms with van der Waals surface area (Å²) in [5.74, 6) is 0. The largest absolute Gasteiger partial charge is 0.368 e. The van der Waals surface area contributed by atoms with Crippen LogP contribution in [0.15, 0.2) is 22.7 Å². The SMILES string of the molecule is CNC(C)c1ccc(Br)cc1N1CCN2CCCC2C1. The molecule has 3 nitrogen and oxygen atoms in total. The standard InChI is InChI=1S/C16H24BrN3/c1-12(18-2)15-6-5-13(17)10-16(15)20-9-8-19-7-3-4-14(19)11-20/h5-6,10,12,14,18H,3-4,7-9,11H2,1-2H3. The highest BCUT2D eigenvalue weighted by molar-refractivity contribution is 9.10.